The van der Waals surface area contributed by atoms with Crippen molar-refractivity contribution in [3.8, 4) is 5.75 Å². The molecular weight excluding hydrogens is 480 g/mol. The van der Waals surface area contributed by atoms with Gasteiger partial charge >= 0.3 is 0 Å². The van der Waals surface area contributed by atoms with Crippen LogP contribution in [-0.4, -0.2) is 59.5 Å². The second-order valence-corrected chi connectivity index (χ2v) is 8.97. The molecule has 0 amide bonds. The van der Waals surface area contributed by atoms with Gasteiger partial charge in [-0.3, -0.25) is 9.88 Å². The van der Waals surface area contributed by atoms with E-state index in [0.717, 1.165) is 17.4 Å². The zero-order valence-corrected chi connectivity index (χ0v) is 20.0. The lowest BCUT2D eigenvalue weighted by Crippen LogP contribution is -2.49. The number of piperazine rings is 1. The summed E-state index contributed by atoms with van der Waals surface area (Å²) in [5.41, 5.74) is 2.38. The monoisotopic (exact) mass is 505 g/mol. The number of ether oxygens (including phenoxy) is 1. The van der Waals surface area contributed by atoms with Crippen LogP contribution in [-0.2, 0) is 0 Å². The summed E-state index contributed by atoms with van der Waals surface area (Å²) in [6.07, 6.45) is 0.285. The number of halogens is 3. The summed E-state index contributed by atoms with van der Waals surface area (Å²) in [4.78, 5) is 8.41. The summed E-state index contributed by atoms with van der Waals surface area (Å²) in [5, 5.41) is 20.9. The number of anilines is 1. The minimum Gasteiger partial charge on any atom is -0.491 e. The number of aromatic nitrogens is 1. The fraction of sp³-hybridized carbons (Fsp3) is 0.320. The Hall–Kier alpha value is -2.42. The number of nitrogens with zero attached hydrogens (tertiary/aromatic N) is 3. The maximum Gasteiger partial charge on any atom is 0.141 e. The van der Waals surface area contributed by atoms with E-state index in [1.165, 1.54) is 12.1 Å². The number of aliphatic hydroxyl groups excluding tert-OH is 2. The normalized spacial score (nSPS) is 17.6. The molecule has 3 aromatic rings. The lowest BCUT2D eigenvalue weighted by atomic mass is 10.0. The van der Waals surface area contributed by atoms with Crippen molar-refractivity contribution < 1.29 is 19.3 Å². The maximum absolute atomic E-state index is 13.2. The molecule has 2 heterocycles. The largest absolute Gasteiger partial charge is 0.491 e. The van der Waals surface area contributed by atoms with E-state index in [1.54, 1.807) is 6.07 Å². The molecule has 0 radical (unpaired) electrons. The molecule has 1 aliphatic rings. The Morgan fingerprint density at radius 2 is 1.88 bits per heavy atom. The van der Waals surface area contributed by atoms with Crippen molar-refractivity contribution in [2.75, 3.05) is 44.3 Å². The predicted octanol–water partition coefficient (Wildman–Crippen LogP) is 4.50. The van der Waals surface area contributed by atoms with Gasteiger partial charge in [-0.05, 0) is 42.0 Å². The highest BCUT2D eigenvalue weighted by atomic mass is 35.5. The lowest BCUT2D eigenvalue weighted by molar-refractivity contribution is 0.0975. The number of β-amino-alcohol motifs (C(OH)–C–C–N with tert-alkyl or cyclic N) is 1. The van der Waals surface area contributed by atoms with Gasteiger partial charge in [-0.2, -0.15) is 0 Å². The molecule has 1 aromatic heterocycles. The van der Waals surface area contributed by atoms with Crippen molar-refractivity contribution >= 4 is 28.9 Å². The van der Waals surface area contributed by atoms with Gasteiger partial charge in [0.1, 0.15) is 24.3 Å². The first-order chi connectivity index (χ1) is 16.4. The van der Waals surface area contributed by atoms with Crippen LogP contribution in [0.2, 0.25) is 10.0 Å². The summed E-state index contributed by atoms with van der Waals surface area (Å²) in [7, 11) is 0. The summed E-state index contributed by atoms with van der Waals surface area (Å²) in [6, 6.07) is 16.0. The van der Waals surface area contributed by atoms with Gasteiger partial charge in [-0.15, -0.1) is 0 Å². The van der Waals surface area contributed by atoms with Gasteiger partial charge in [0.2, 0.25) is 0 Å². The molecule has 0 spiro atoms. The van der Waals surface area contributed by atoms with Crippen molar-refractivity contribution in [3.05, 3.63) is 87.9 Å². The highest BCUT2D eigenvalue weighted by molar-refractivity contribution is 6.33. The average Bonchev–Trinajstić information content (AvgIpc) is 2.84. The van der Waals surface area contributed by atoms with Crippen LogP contribution >= 0.6 is 23.2 Å². The fourth-order valence-electron chi connectivity index (χ4n) is 4.16. The van der Waals surface area contributed by atoms with E-state index in [2.05, 4.69) is 14.8 Å². The van der Waals surface area contributed by atoms with Gasteiger partial charge < -0.3 is 19.8 Å². The molecule has 4 rings (SSSR count). The third kappa shape index (κ3) is 5.98. The molecule has 2 aromatic carbocycles. The molecule has 34 heavy (non-hydrogen) atoms. The summed E-state index contributed by atoms with van der Waals surface area (Å²) < 4.78 is 18.7. The van der Waals surface area contributed by atoms with Crippen LogP contribution in [0.1, 0.15) is 23.4 Å². The second-order valence-electron chi connectivity index (χ2n) is 8.12. The van der Waals surface area contributed by atoms with E-state index in [9.17, 15) is 9.50 Å². The zero-order chi connectivity index (χ0) is 24.1. The first-order valence-electron chi connectivity index (χ1n) is 11.0. The Bertz CT molecular complexity index is 1090. The Balaban J connectivity index is 1.55. The highest BCUT2D eigenvalue weighted by Gasteiger charge is 2.31. The van der Waals surface area contributed by atoms with Crippen LogP contribution in [0.15, 0.2) is 60.8 Å². The fourth-order valence-corrected chi connectivity index (χ4v) is 4.57. The van der Waals surface area contributed by atoms with Gasteiger partial charge in [0.25, 0.3) is 0 Å². The molecule has 0 saturated carbocycles. The van der Waals surface area contributed by atoms with Gasteiger partial charge in [-0.25, -0.2) is 4.39 Å². The standard InChI is InChI=1S/C25H26Cl2FN3O3/c26-18-3-1-17(2-4-18)24-15-30(16-25(33)22-7-5-19(28)14-29-22)9-10-31(24)23-8-6-20(13-21(23)27)34-12-11-32/h1-8,13-14,24-25,32-33H,9-12,15-16H2/t24-,25+/m0/s1. The molecule has 2 atom stereocenters. The van der Waals surface area contributed by atoms with E-state index < -0.39 is 11.9 Å². The van der Waals surface area contributed by atoms with Crippen molar-refractivity contribution in [1.29, 1.82) is 0 Å². The van der Waals surface area contributed by atoms with E-state index in [0.29, 0.717) is 47.7 Å². The molecule has 9 heteroatoms. The van der Waals surface area contributed by atoms with Crippen LogP contribution in [0.4, 0.5) is 10.1 Å². The third-order valence-corrected chi connectivity index (χ3v) is 6.39. The predicted molar refractivity (Wildman–Crippen MR) is 131 cm³/mol. The molecular formula is C25H26Cl2FN3O3. The zero-order valence-electron chi connectivity index (χ0n) is 18.4. The summed E-state index contributed by atoms with van der Waals surface area (Å²) in [5.74, 6) is 0.163. The van der Waals surface area contributed by atoms with Gasteiger partial charge in [-0.1, -0.05) is 35.3 Å². The number of pyridine rings is 1. The van der Waals surface area contributed by atoms with E-state index in [1.807, 2.05) is 36.4 Å². The molecule has 2 N–H and O–H groups in total. The van der Waals surface area contributed by atoms with Crippen LogP contribution in [0.25, 0.3) is 0 Å². The average molecular weight is 506 g/mol. The molecule has 6 nitrogen and oxygen atoms in total. The topological polar surface area (TPSA) is 69.1 Å². The van der Waals surface area contributed by atoms with E-state index in [4.69, 9.17) is 33.0 Å². The maximum atomic E-state index is 13.2. The van der Waals surface area contributed by atoms with Gasteiger partial charge in [0.15, 0.2) is 0 Å². The molecule has 0 bridgehead atoms. The second kappa shape index (κ2) is 11.3. The molecule has 180 valence electrons. The number of benzene rings is 2. The molecule has 1 aliphatic heterocycles. The van der Waals surface area contributed by atoms with Crippen molar-refractivity contribution in [2.24, 2.45) is 0 Å². The van der Waals surface area contributed by atoms with Crippen LogP contribution in [0.3, 0.4) is 0 Å². The highest BCUT2D eigenvalue weighted by Crippen LogP contribution is 2.37. The van der Waals surface area contributed by atoms with Crippen molar-refractivity contribution in [2.45, 2.75) is 12.1 Å². The number of hydrogen-bond donors (Lipinski definition) is 2. The minimum atomic E-state index is -0.829. The molecule has 0 aliphatic carbocycles. The van der Waals surface area contributed by atoms with Crippen LogP contribution in [0, 0.1) is 5.82 Å². The Morgan fingerprint density at radius 3 is 2.56 bits per heavy atom. The lowest BCUT2D eigenvalue weighted by Gasteiger charge is -2.44. The summed E-state index contributed by atoms with van der Waals surface area (Å²) >= 11 is 12.8. The van der Waals surface area contributed by atoms with E-state index in [-0.39, 0.29) is 19.3 Å². The Kier molecular flexibility index (Phi) is 8.24. The molecule has 0 unspecified atom stereocenters. The molecule has 1 fully saturated rings. The van der Waals surface area contributed by atoms with Crippen LogP contribution in [0.5, 0.6) is 5.75 Å². The Morgan fingerprint density at radius 1 is 1.09 bits per heavy atom. The van der Waals surface area contributed by atoms with Crippen LogP contribution < -0.4 is 9.64 Å². The number of hydrogen-bond acceptors (Lipinski definition) is 6. The first kappa shape index (κ1) is 24.7. The quantitative estimate of drug-likeness (QED) is 0.469. The van der Waals surface area contributed by atoms with Crippen molar-refractivity contribution in [1.82, 2.24) is 9.88 Å². The third-order valence-electron chi connectivity index (χ3n) is 5.83. The number of rotatable bonds is 8. The smallest absolute Gasteiger partial charge is 0.141 e. The SMILES string of the molecule is OCCOc1ccc(N2CCN(C[C@@H](O)c3ccc(F)cn3)C[C@H]2c2ccc(Cl)cc2)c(Cl)c1. The first-order valence-corrected chi connectivity index (χ1v) is 11.8. The van der Waals surface area contributed by atoms with Gasteiger partial charge in [0, 0.05) is 37.3 Å². The minimum absolute atomic E-state index is 0.0406. The number of aliphatic hydroxyl groups is 2. The molecule has 1 saturated heterocycles. The van der Waals surface area contributed by atoms with Crippen molar-refractivity contribution in [3.63, 3.8) is 0 Å². The Labute approximate surface area is 208 Å². The summed E-state index contributed by atoms with van der Waals surface area (Å²) in [6.45, 7) is 2.51. The van der Waals surface area contributed by atoms with Gasteiger partial charge in [0.05, 0.1) is 35.2 Å². The van der Waals surface area contributed by atoms with E-state index >= 15 is 0 Å².